The lowest BCUT2D eigenvalue weighted by Crippen LogP contribution is -2.15. The van der Waals surface area contributed by atoms with E-state index >= 15 is 0 Å². The highest BCUT2D eigenvalue weighted by Gasteiger charge is 2.21. The Hall–Kier alpha value is -1.82. The van der Waals surface area contributed by atoms with Gasteiger partial charge in [-0.05, 0) is 37.3 Å². The molecule has 0 spiro atoms. The first-order valence-electron chi connectivity index (χ1n) is 6.98. The van der Waals surface area contributed by atoms with Gasteiger partial charge in [0, 0.05) is 6.42 Å². The molecule has 2 heterocycles. The topological polar surface area (TPSA) is 71.8 Å². The van der Waals surface area contributed by atoms with Gasteiger partial charge in [-0.3, -0.25) is 9.89 Å². The van der Waals surface area contributed by atoms with Crippen molar-refractivity contribution in [1.29, 1.82) is 0 Å². The molecule has 2 aromatic rings. The first kappa shape index (κ1) is 14.1. The second-order valence-corrected chi connectivity index (χ2v) is 6.28. The Morgan fingerprint density at radius 2 is 2.38 bits per heavy atom. The van der Waals surface area contributed by atoms with Crippen molar-refractivity contribution in [2.45, 2.75) is 30.8 Å². The van der Waals surface area contributed by atoms with Crippen LogP contribution in [0.15, 0.2) is 40.1 Å². The molecule has 0 amide bonds. The van der Waals surface area contributed by atoms with Crippen molar-refractivity contribution in [3.05, 3.63) is 30.5 Å². The molecular weight excluding hydrogens is 286 g/mol. The van der Waals surface area contributed by atoms with Crippen molar-refractivity contribution in [3.8, 4) is 11.6 Å². The predicted molar refractivity (Wildman–Crippen MR) is 80.9 cm³/mol. The molecule has 2 aromatic heterocycles. The van der Waals surface area contributed by atoms with E-state index in [0.717, 1.165) is 19.3 Å². The smallest absolute Gasteiger partial charge is 0.209 e. The molecule has 6 heteroatoms. The number of aromatic amines is 1. The summed E-state index contributed by atoms with van der Waals surface area (Å²) in [5, 5.41) is 7.46. The molecule has 21 heavy (non-hydrogen) atoms. The van der Waals surface area contributed by atoms with Gasteiger partial charge in [0.25, 0.3) is 0 Å². The van der Waals surface area contributed by atoms with Gasteiger partial charge in [0.05, 0.1) is 12.0 Å². The Bertz CT molecular complexity index is 625. The van der Waals surface area contributed by atoms with Crippen LogP contribution in [0.5, 0.6) is 0 Å². The SMILES string of the molecule is C=C1CC(CCC(=O)CSc2n[nH]c(-c3ccco3)n2)C1. The Kier molecular flexibility index (Phi) is 4.24. The fraction of sp³-hybridized carbons (Fsp3) is 0.400. The third-order valence-electron chi connectivity index (χ3n) is 3.57. The van der Waals surface area contributed by atoms with Gasteiger partial charge >= 0.3 is 0 Å². The summed E-state index contributed by atoms with van der Waals surface area (Å²) in [4.78, 5) is 16.1. The molecule has 0 unspecified atom stereocenters. The number of nitrogens with one attached hydrogen (secondary N) is 1. The van der Waals surface area contributed by atoms with E-state index < -0.39 is 0 Å². The van der Waals surface area contributed by atoms with Crippen LogP contribution in [0, 0.1) is 5.92 Å². The van der Waals surface area contributed by atoms with Crippen LogP contribution < -0.4 is 0 Å². The number of allylic oxidation sites excluding steroid dienone is 1. The number of H-pyrrole nitrogens is 1. The summed E-state index contributed by atoms with van der Waals surface area (Å²) < 4.78 is 5.23. The average molecular weight is 303 g/mol. The van der Waals surface area contributed by atoms with Crippen molar-refractivity contribution < 1.29 is 9.21 Å². The van der Waals surface area contributed by atoms with Gasteiger partial charge in [-0.25, -0.2) is 0 Å². The lowest BCUT2D eigenvalue weighted by molar-refractivity contribution is -0.116. The van der Waals surface area contributed by atoms with Crippen LogP contribution >= 0.6 is 11.8 Å². The Morgan fingerprint density at radius 1 is 1.52 bits per heavy atom. The quantitative estimate of drug-likeness (QED) is 0.626. The molecule has 0 radical (unpaired) electrons. The summed E-state index contributed by atoms with van der Waals surface area (Å²) in [5.41, 5.74) is 1.31. The number of hydrogen-bond acceptors (Lipinski definition) is 5. The molecule has 110 valence electrons. The van der Waals surface area contributed by atoms with E-state index in [0.29, 0.717) is 34.8 Å². The highest BCUT2D eigenvalue weighted by molar-refractivity contribution is 7.99. The van der Waals surface area contributed by atoms with Crippen molar-refractivity contribution in [3.63, 3.8) is 0 Å². The number of hydrogen-bond donors (Lipinski definition) is 1. The zero-order valence-corrected chi connectivity index (χ0v) is 12.5. The summed E-state index contributed by atoms with van der Waals surface area (Å²) in [5.74, 6) is 2.57. The fourth-order valence-electron chi connectivity index (χ4n) is 2.38. The maximum Gasteiger partial charge on any atom is 0.209 e. The Labute approximate surface area is 127 Å². The molecular formula is C15H17N3O2S. The number of aromatic nitrogens is 3. The lowest BCUT2D eigenvalue weighted by atomic mass is 9.78. The molecule has 0 saturated heterocycles. The number of furan rings is 1. The molecule has 0 aliphatic heterocycles. The van der Waals surface area contributed by atoms with Gasteiger partial charge < -0.3 is 4.42 Å². The molecule has 0 bridgehead atoms. The van der Waals surface area contributed by atoms with E-state index in [1.807, 2.05) is 6.07 Å². The molecule has 1 fully saturated rings. The van der Waals surface area contributed by atoms with E-state index in [9.17, 15) is 4.79 Å². The van der Waals surface area contributed by atoms with Crippen molar-refractivity contribution in [2.75, 3.05) is 5.75 Å². The minimum atomic E-state index is 0.252. The first-order chi connectivity index (χ1) is 10.2. The van der Waals surface area contributed by atoms with Crippen molar-refractivity contribution in [1.82, 2.24) is 15.2 Å². The van der Waals surface area contributed by atoms with Gasteiger partial charge in [0.1, 0.15) is 5.78 Å². The number of rotatable bonds is 7. The standard InChI is InChI=1S/C15H17N3O2S/c1-10-7-11(8-10)4-5-12(19)9-21-15-16-14(17-18-15)13-3-2-6-20-13/h2-3,6,11H,1,4-5,7-9H2,(H,16,17,18). The molecule has 3 rings (SSSR count). The van der Waals surface area contributed by atoms with Crippen molar-refractivity contribution in [2.24, 2.45) is 5.92 Å². The number of carbonyl (C=O) groups excluding carboxylic acids is 1. The highest BCUT2D eigenvalue weighted by atomic mass is 32.2. The van der Waals surface area contributed by atoms with Crippen LogP contribution in [0.2, 0.25) is 0 Å². The minimum Gasteiger partial charge on any atom is -0.461 e. The highest BCUT2D eigenvalue weighted by Crippen LogP contribution is 2.34. The Balaban J connectivity index is 1.42. The fourth-order valence-corrected chi connectivity index (χ4v) is 3.08. The Morgan fingerprint density at radius 3 is 3.10 bits per heavy atom. The number of thioether (sulfide) groups is 1. The number of nitrogens with zero attached hydrogens (tertiary/aromatic N) is 2. The van der Waals surface area contributed by atoms with Crippen LogP contribution in [0.4, 0.5) is 0 Å². The number of Topliss-reactive ketones (excluding diaryl/α,β-unsaturated/α-hetero) is 1. The van der Waals surface area contributed by atoms with Gasteiger partial charge in [0.15, 0.2) is 11.6 Å². The predicted octanol–water partition coefficient (Wildman–Crippen LogP) is 3.47. The summed E-state index contributed by atoms with van der Waals surface area (Å²) in [6, 6.07) is 3.61. The van der Waals surface area contributed by atoms with E-state index in [-0.39, 0.29) is 5.78 Å². The average Bonchev–Trinajstić information content (AvgIpc) is 3.09. The number of carbonyl (C=O) groups is 1. The van der Waals surface area contributed by atoms with Crippen LogP contribution in [0.3, 0.4) is 0 Å². The van der Waals surface area contributed by atoms with Gasteiger partial charge in [-0.15, -0.1) is 5.10 Å². The molecule has 0 atom stereocenters. The molecule has 1 aliphatic rings. The van der Waals surface area contributed by atoms with E-state index in [2.05, 4.69) is 21.8 Å². The largest absolute Gasteiger partial charge is 0.461 e. The molecule has 1 aliphatic carbocycles. The number of ketones is 1. The second-order valence-electron chi connectivity index (χ2n) is 5.33. The normalized spacial score (nSPS) is 15.1. The van der Waals surface area contributed by atoms with Gasteiger partial charge in [-0.1, -0.05) is 23.9 Å². The summed E-state index contributed by atoms with van der Waals surface area (Å²) in [7, 11) is 0. The monoisotopic (exact) mass is 303 g/mol. The lowest BCUT2D eigenvalue weighted by Gasteiger charge is -2.27. The van der Waals surface area contributed by atoms with Crippen LogP contribution in [-0.2, 0) is 4.79 Å². The summed E-state index contributed by atoms with van der Waals surface area (Å²) in [6.07, 6.45) is 5.38. The molecule has 5 nitrogen and oxygen atoms in total. The maximum absolute atomic E-state index is 11.9. The van der Waals surface area contributed by atoms with E-state index in [4.69, 9.17) is 4.42 Å². The van der Waals surface area contributed by atoms with Crippen molar-refractivity contribution >= 4 is 17.5 Å². The maximum atomic E-state index is 11.9. The summed E-state index contributed by atoms with van der Waals surface area (Å²) >= 11 is 1.36. The molecule has 1 saturated carbocycles. The minimum absolute atomic E-state index is 0.252. The van der Waals surface area contributed by atoms with Crippen LogP contribution in [0.1, 0.15) is 25.7 Å². The van der Waals surface area contributed by atoms with Gasteiger partial charge in [0.2, 0.25) is 5.16 Å². The van der Waals surface area contributed by atoms with E-state index in [1.54, 1.807) is 12.3 Å². The third kappa shape index (κ3) is 3.64. The van der Waals surface area contributed by atoms with Crippen LogP contribution in [0.25, 0.3) is 11.6 Å². The van der Waals surface area contributed by atoms with E-state index in [1.165, 1.54) is 17.3 Å². The third-order valence-corrected chi connectivity index (χ3v) is 4.47. The first-order valence-corrected chi connectivity index (χ1v) is 7.96. The van der Waals surface area contributed by atoms with Crippen LogP contribution in [-0.4, -0.2) is 26.7 Å². The molecule has 0 aromatic carbocycles. The zero-order chi connectivity index (χ0) is 14.7. The molecule has 1 N–H and O–H groups in total. The van der Waals surface area contributed by atoms with Gasteiger partial charge in [-0.2, -0.15) is 4.98 Å². The summed E-state index contributed by atoms with van der Waals surface area (Å²) in [6.45, 7) is 3.92. The second kappa shape index (κ2) is 6.30. The zero-order valence-electron chi connectivity index (χ0n) is 11.7.